The van der Waals surface area contributed by atoms with E-state index >= 15 is 0 Å². The summed E-state index contributed by atoms with van der Waals surface area (Å²) in [6, 6.07) is 5.88. The standard InChI is InChI=1S/C16H18N2O5/c1-9-8-13(11(3)23-9)10(2)17-16(19)12-6-5-7-14(22-4)15(12)18(20)21/h5-8,10H,1-4H3,(H,17,19)/t10-/m0/s1. The van der Waals surface area contributed by atoms with Gasteiger partial charge in [0.15, 0.2) is 5.75 Å². The maximum Gasteiger partial charge on any atom is 0.323 e. The first-order chi connectivity index (χ1) is 10.8. The average Bonchev–Trinajstić information content (AvgIpc) is 2.84. The molecule has 1 N–H and O–H groups in total. The Bertz CT molecular complexity index is 751. The van der Waals surface area contributed by atoms with Crippen molar-refractivity contribution in [3.05, 3.63) is 57.0 Å². The van der Waals surface area contributed by atoms with Gasteiger partial charge in [0.05, 0.1) is 18.1 Å². The molecule has 23 heavy (non-hydrogen) atoms. The fourth-order valence-electron chi connectivity index (χ4n) is 2.49. The van der Waals surface area contributed by atoms with Crippen LogP contribution >= 0.6 is 0 Å². The van der Waals surface area contributed by atoms with Crippen LogP contribution in [0, 0.1) is 24.0 Å². The molecule has 0 bridgehead atoms. The second kappa shape index (κ2) is 6.51. The lowest BCUT2D eigenvalue weighted by molar-refractivity contribution is -0.386. The van der Waals surface area contributed by atoms with Gasteiger partial charge in [-0.3, -0.25) is 14.9 Å². The molecule has 0 aliphatic carbocycles. The fourth-order valence-corrected chi connectivity index (χ4v) is 2.49. The van der Waals surface area contributed by atoms with Crippen molar-refractivity contribution in [2.45, 2.75) is 26.8 Å². The molecule has 0 saturated carbocycles. The molecule has 0 spiro atoms. The molecule has 1 atom stereocenters. The first-order valence-corrected chi connectivity index (χ1v) is 7.04. The van der Waals surface area contributed by atoms with Crippen molar-refractivity contribution in [3.63, 3.8) is 0 Å². The van der Waals surface area contributed by atoms with Crippen LogP contribution in [0.15, 0.2) is 28.7 Å². The van der Waals surface area contributed by atoms with Gasteiger partial charge in [-0.25, -0.2) is 0 Å². The fraction of sp³-hybridized carbons (Fsp3) is 0.312. The van der Waals surface area contributed by atoms with Gasteiger partial charge in [0.25, 0.3) is 5.91 Å². The Morgan fingerprint density at radius 1 is 1.39 bits per heavy atom. The number of nitro benzene ring substituents is 1. The minimum Gasteiger partial charge on any atom is -0.490 e. The minimum atomic E-state index is -0.619. The molecule has 2 aromatic rings. The highest BCUT2D eigenvalue weighted by Gasteiger charge is 2.26. The van der Waals surface area contributed by atoms with Crippen LogP contribution in [0.2, 0.25) is 0 Å². The largest absolute Gasteiger partial charge is 0.490 e. The van der Waals surface area contributed by atoms with Crippen LogP contribution < -0.4 is 10.1 Å². The molecule has 0 fully saturated rings. The lowest BCUT2D eigenvalue weighted by atomic mass is 10.1. The number of amides is 1. The summed E-state index contributed by atoms with van der Waals surface area (Å²) in [6.07, 6.45) is 0. The number of para-hydroxylation sites is 1. The first-order valence-electron chi connectivity index (χ1n) is 7.04. The maximum absolute atomic E-state index is 12.4. The summed E-state index contributed by atoms with van der Waals surface area (Å²) >= 11 is 0. The number of hydrogen-bond donors (Lipinski definition) is 1. The number of benzene rings is 1. The van der Waals surface area contributed by atoms with Gasteiger partial charge < -0.3 is 14.5 Å². The van der Waals surface area contributed by atoms with E-state index in [1.54, 1.807) is 19.9 Å². The third-order valence-electron chi connectivity index (χ3n) is 3.54. The highest BCUT2D eigenvalue weighted by Crippen LogP contribution is 2.31. The van der Waals surface area contributed by atoms with Crippen molar-refractivity contribution in [3.8, 4) is 5.75 Å². The van der Waals surface area contributed by atoms with Crippen molar-refractivity contribution in [1.29, 1.82) is 0 Å². The third-order valence-corrected chi connectivity index (χ3v) is 3.54. The second-order valence-corrected chi connectivity index (χ2v) is 5.18. The lowest BCUT2D eigenvalue weighted by Gasteiger charge is -2.14. The number of aryl methyl sites for hydroxylation is 2. The predicted molar refractivity (Wildman–Crippen MR) is 83.7 cm³/mol. The topological polar surface area (TPSA) is 94.6 Å². The number of nitrogens with zero attached hydrogens (tertiary/aromatic N) is 1. The lowest BCUT2D eigenvalue weighted by Crippen LogP contribution is -2.27. The van der Waals surface area contributed by atoms with Crippen molar-refractivity contribution in [1.82, 2.24) is 5.32 Å². The van der Waals surface area contributed by atoms with Gasteiger partial charge in [-0.05, 0) is 39.0 Å². The maximum atomic E-state index is 12.4. The molecule has 0 radical (unpaired) electrons. The number of ether oxygens (including phenoxy) is 1. The van der Waals surface area contributed by atoms with E-state index in [0.29, 0.717) is 5.76 Å². The molecule has 122 valence electrons. The Hall–Kier alpha value is -2.83. The van der Waals surface area contributed by atoms with E-state index in [2.05, 4.69) is 5.32 Å². The minimum absolute atomic E-state index is 0.0425. The van der Waals surface area contributed by atoms with Gasteiger partial charge >= 0.3 is 5.69 Å². The molecule has 0 unspecified atom stereocenters. The zero-order valence-electron chi connectivity index (χ0n) is 13.4. The third kappa shape index (κ3) is 3.33. The molecule has 2 rings (SSSR count). The Morgan fingerprint density at radius 2 is 2.09 bits per heavy atom. The first kappa shape index (κ1) is 16.5. The van der Waals surface area contributed by atoms with E-state index < -0.39 is 10.8 Å². The molecule has 1 amide bonds. The number of nitro groups is 1. The summed E-state index contributed by atoms with van der Waals surface area (Å²) < 4.78 is 10.4. The molecule has 0 aliphatic rings. The van der Waals surface area contributed by atoms with Gasteiger partial charge in [0.2, 0.25) is 0 Å². The Labute approximate surface area is 133 Å². The van der Waals surface area contributed by atoms with E-state index in [1.807, 2.05) is 13.0 Å². The van der Waals surface area contributed by atoms with E-state index in [1.165, 1.54) is 19.2 Å². The second-order valence-electron chi connectivity index (χ2n) is 5.18. The average molecular weight is 318 g/mol. The quantitative estimate of drug-likeness (QED) is 0.674. The smallest absolute Gasteiger partial charge is 0.323 e. The summed E-state index contributed by atoms with van der Waals surface area (Å²) in [5.74, 6) is 0.952. The van der Waals surface area contributed by atoms with Crippen molar-refractivity contribution in [2.75, 3.05) is 7.11 Å². The van der Waals surface area contributed by atoms with E-state index in [4.69, 9.17) is 9.15 Å². The van der Waals surface area contributed by atoms with Crippen molar-refractivity contribution < 1.29 is 18.9 Å². The zero-order chi connectivity index (χ0) is 17.1. The van der Waals surface area contributed by atoms with Gasteiger partial charge in [-0.2, -0.15) is 0 Å². The van der Waals surface area contributed by atoms with Crippen molar-refractivity contribution in [2.24, 2.45) is 0 Å². The number of carbonyl (C=O) groups excluding carboxylic acids is 1. The van der Waals surface area contributed by atoms with Crippen LogP contribution in [-0.4, -0.2) is 17.9 Å². The Morgan fingerprint density at radius 3 is 2.61 bits per heavy atom. The Balaban J connectivity index is 2.31. The monoisotopic (exact) mass is 318 g/mol. The number of rotatable bonds is 5. The highest BCUT2D eigenvalue weighted by molar-refractivity contribution is 5.99. The predicted octanol–water partition coefficient (Wildman–Crippen LogP) is 3.30. The summed E-state index contributed by atoms with van der Waals surface area (Å²) in [7, 11) is 1.32. The summed E-state index contributed by atoms with van der Waals surface area (Å²) in [4.78, 5) is 23.1. The van der Waals surface area contributed by atoms with E-state index in [9.17, 15) is 14.9 Å². The molecule has 0 saturated heterocycles. The molecule has 0 aliphatic heterocycles. The normalized spacial score (nSPS) is 11.8. The number of hydrogen-bond acceptors (Lipinski definition) is 5. The number of furan rings is 1. The van der Waals surface area contributed by atoms with Crippen LogP contribution in [0.25, 0.3) is 0 Å². The molecule has 7 heteroatoms. The number of nitrogens with one attached hydrogen (secondary N) is 1. The van der Waals surface area contributed by atoms with Crippen LogP contribution in [-0.2, 0) is 0 Å². The van der Waals surface area contributed by atoms with Crippen LogP contribution in [0.4, 0.5) is 5.69 Å². The van der Waals surface area contributed by atoms with E-state index in [0.717, 1.165) is 11.3 Å². The van der Waals surface area contributed by atoms with Gasteiger partial charge in [0.1, 0.15) is 17.1 Å². The number of methoxy groups -OCH3 is 1. The summed E-state index contributed by atoms with van der Waals surface area (Å²) in [5.41, 5.74) is 0.445. The molecule has 7 nitrogen and oxygen atoms in total. The van der Waals surface area contributed by atoms with Crippen LogP contribution in [0.1, 0.15) is 40.4 Å². The van der Waals surface area contributed by atoms with Gasteiger partial charge in [-0.1, -0.05) is 6.07 Å². The van der Waals surface area contributed by atoms with Crippen LogP contribution in [0.5, 0.6) is 5.75 Å². The van der Waals surface area contributed by atoms with Gasteiger partial charge in [0, 0.05) is 5.56 Å². The zero-order valence-corrected chi connectivity index (χ0v) is 13.4. The summed E-state index contributed by atoms with van der Waals surface area (Å²) in [5, 5.41) is 14.0. The highest BCUT2D eigenvalue weighted by atomic mass is 16.6. The SMILES string of the molecule is COc1cccc(C(=O)N[C@@H](C)c2cc(C)oc2C)c1[N+](=O)[O-]. The summed E-state index contributed by atoms with van der Waals surface area (Å²) in [6.45, 7) is 5.41. The molecule has 1 aromatic carbocycles. The molecule has 1 aromatic heterocycles. The molecular weight excluding hydrogens is 300 g/mol. The van der Waals surface area contributed by atoms with Gasteiger partial charge in [-0.15, -0.1) is 0 Å². The van der Waals surface area contributed by atoms with Crippen LogP contribution in [0.3, 0.4) is 0 Å². The number of carbonyl (C=O) groups is 1. The Kier molecular flexibility index (Phi) is 4.68. The molecule has 1 heterocycles. The molecular formula is C16H18N2O5. The van der Waals surface area contributed by atoms with Crippen molar-refractivity contribution >= 4 is 11.6 Å². The van der Waals surface area contributed by atoms with E-state index in [-0.39, 0.29) is 23.0 Å².